The van der Waals surface area contributed by atoms with Crippen LogP contribution in [0.4, 0.5) is 0 Å². The molecule has 0 aromatic rings. The number of aliphatic hydroxyl groups is 1. The molecule has 0 saturated carbocycles. The van der Waals surface area contributed by atoms with Crippen LogP contribution >= 0.6 is 0 Å². The number of hydrogen-bond acceptors (Lipinski definition) is 2. The van der Waals surface area contributed by atoms with Gasteiger partial charge in [-0.05, 0) is 13.0 Å². The molecule has 0 radical (unpaired) electrons. The first-order valence-electron chi connectivity index (χ1n) is 1.94. The van der Waals surface area contributed by atoms with Crippen LogP contribution in [-0.2, 0) is 0 Å². The summed E-state index contributed by atoms with van der Waals surface area (Å²) in [7, 11) is 0. The van der Waals surface area contributed by atoms with E-state index >= 15 is 0 Å². The largest absolute Gasteiger partial charge is 0.513 e. The van der Waals surface area contributed by atoms with Crippen molar-refractivity contribution in [1.82, 2.24) is 0 Å². The van der Waals surface area contributed by atoms with E-state index in [1.54, 1.807) is 0 Å². The van der Waals surface area contributed by atoms with Crippen LogP contribution in [0.3, 0.4) is 0 Å². The summed E-state index contributed by atoms with van der Waals surface area (Å²) >= 11 is 0. The normalized spacial score (nSPS) is 11.3. The second-order valence-electron chi connectivity index (χ2n) is 1.36. The van der Waals surface area contributed by atoms with Crippen LogP contribution in [0, 0.1) is 0 Å². The lowest BCUT2D eigenvalue weighted by Gasteiger charge is -1.85. The van der Waals surface area contributed by atoms with Crippen LogP contribution < -0.4 is 5.73 Å². The van der Waals surface area contributed by atoms with E-state index in [9.17, 15) is 0 Å². The van der Waals surface area contributed by atoms with Crippen molar-refractivity contribution in [3.8, 4) is 0 Å². The van der Waals surface area contributed by atoms with Crippen LogP contribution in [0.1, 0.15) is 6.92 Å². The molecule has 2 nitrogen and oxygen atoms in total. The summed E-state index contributed by atoms with van der Waals surface area (Å²) in [5, 5.41) is 8.44. The van der Waals surface area contributed by atoms with Gasteiger partial charge in [-0.1, -0.05) is 6.58 Å². The van der Waals surface area contributed by atoms with Gasteiger partial charge in [0, 0.05) is 5.70 Å². The zero-order valence-electron chi connectivity index (χ0n) is 4.31. The summed E-state index contributed by atoms with van der Waals surface area (Å²) in [5.74, 6) is 0.188. The molecule has 0 rings (SSSR count). The molecule has 0 aromatic carbocycles. The van der Waals surface area contributed by atoms with Gasteiger partial charge in [0.05, 0.1) is 5.76 Å². The maximum absolute atomic E-state index is 8.44. The van der Waals surface area contributed by atoms with E-state index in [-0.39, 0.29) is 5.76 Å². The molecular formula is C5H9NO. The molecule has 0 atom stereocenters. The number of hydrogen-bond donors (Lipinski definition) is 2. The van der Waals surface area contributed by atoms with Crippen molar-refractivity contribution in [3.05, 3.63) is 24.1 Å². The Hall–Kier alpha value is -0.920. The lowest BCUT2D eigenvalue weighted by Crippen LogP contribution is -1.89. The second kappa shape index (κ2) is 2.29. The molecule has 7 heavy (non-hydrogen) atoms. The van der Waals surface area contributed by atoms with E-state index in [4.69, 9.17) is 10.8 Å². The Labute approximate surface area is 43.0 Å². The van der Waals surface area contributed by atoms with Crippen LogP contribution in [-0.4, -0.2) is 5.11 Å². The highest BCUT2D eigenvalue weighted by Gasteiger charge is 1.76. The molecule has 0 fully saturated rings. The van der Waals surface area contributed by atoms with E-state index in [1.807, 2.05) is 0 Å². The smallest absolute Gasteiger partial charge is 0.0912 e. The summed E-state index contributed by atoms with van der Waals surface area (Å²) in [6, 6.07) is 0. The van der Waals surface area contributed by atoms with E-state index in [1.165, 1.54) is 13.0 Å². The first-order chi connectivity index (χ1) is 3.13. The summed E-state index contributed by atoms with van der Waals surface area (Å²) in [5.41, 5.74) is 5.44. The fourth-order valence-electron chi connectivity index (χ4n) is 0.268. The zero-order valence-corrected chi connectivity index (χ0v) is 4.31. The number of allylic oxidation sites excluding steroid dienone is 2. The van der Waals surface area contributed by atoms with E-state index in [0.717, 1.165) is 0 Å². The first kappa shape index (κ1) is 6.08. The van der Waals surface area contributed by atoms with E-state index in [0.29, 0.717) is 5.70 Å². The summed E-state index contributed by atoms with van der Waals surface area (Å²) in [6.45, 7) is 4.88. The third-order valence-electron chi connectivity index (χ3n) is 0.394. The van der Waals surface area contributed by atoms with Crippen molar-refractivity contribution in [2.75, 3.05) is 0 Å². The topological polar surface area (TPSA) is 46.2 Å². The molecule has 0 saturated heterocycles. The molecule has 2 heteroatoms. The molecule has 40 valence electrons. The van der Waals surface area contributed by atoms with Crippen molar-refractivity contribution in [2.24, 2.45) is 5.73 Å². The number of aliphatic hydroxyl groups excluding tert-OH is 1. The highest BCUT2D eigenvalue weighted by molar-refractivity contribution is 5.11. The Morgan fingerprint density at radius 3 is 2.29 bits per heavy atom. The monoisotopic (exact) mass is 99.1 g/mol. The standard InChI is InChI=1S/C5H9NO/c1-4(6)3-5(2)7/h3,7H,1,6H2,2H3/b5-3+. The van der Waals surface area contributed by atoms with Crippen LogP contribution in [0.2, 0.25) is 0 Å². The Bertz CT molecular complexity index is 101. The third-order valence-corrected chi connectivity index (χ3v) is 0.394. The van der Waals surface area contributed by atoms with Gasteiger partial charge in [0.2, 0.25) is 0 Å². The average molecular weight is 99.1 g/mol. The molecule has 0 bridgehead atoms. The molecule has 0 aliphatic heterocycles. The van der Waals surface area contributed by atoms with Crippen LogP contribution in [0.25, 0.3) is 0 Å². The fourth-order valence-corrected chi connectivity index (χ4v) is 0.268. The Morgan fingerprint density at radius 1 is 1.86 bits per heavy atom. The van der Waals surface area contributed by atoms with Crippen molar-refractivity contribution in [1.29, 1.82) is 0 Å². The molecule has 0 aliphatic rings. The molecule has 0 heterocycles. The van der Waals surface area contributed by atoms with Gasteiger partial charge in [0.1, 0.15) is 0 Å². The molecular weight excluding hydrogens is 90.1 g/mol. The number of rotatable bonds is 1. The minimum atomic E-state index is 0.188. The molecule has 0 aromatic heterocycles. The van der Waals surface area contributed by atoms with Crippen LogP contribution in [0.15, 0.2) is 24.1 Å². The number of nitrogens with two attached hydrogens (primary N) is 1. The van der Waals surface area contributed by atoms with Crippen LogP contribution in [0.5, 0.6) is 0 Å². The lowest BCUT2D eigenvalue weighted by atomic mass is 10.4. The first-order valence-corrected chi connectivity index (χ1v) is 1.94. The fraction of sp³-hybridized carbons (Fsp3) is 0.200. The Kier molecular flexibility index (Phi) is 1.99. The summed E-state index contributed by atoms with van der Waals surface area (Å²) in [4.78, 5) is 0. The molecule has 0 aliphatic carbocycles. The second-order valence-corrected chi connectivity index (χ2v) is 1.36. The predicted octanol–water partition coefficient (Wildman–Crippen LogP) is 0.921. The van der Waals surface area contributed by atoms with E-state index < -0.39 is 0 Å². The zero-order chi connectivity index (χ0) is 5.86. The highest BCUT2D eigenvalue weighted by Crippen LogP contribution is 1.86. The Morgan fingerprint density at radius 2 is 2.29 bits per heavy atom. The minimum absolute atomic E-state index is 0.188. The van der Waals surface area contributed by atoms with Crippen molar-refractivity contribution >= 4 is 0 Å². The average Bonchev–Trinajstić information content (AvgIpc) is 1.27. The lowest BCUT2D eigenvalue weighted by molar-refractivity contribution is 0.414. The van der Waals surface area contributed by atoms with Gasteiger partial charge in [0.15, 0.2) is 0 Å². The van der Waals surface area contributed by atoms with Crippen molar-refractivity contribution < 1.29 is 5.11 Å². The quantitative estimate of drug-likeness (QED) is 0.379. The Balaban J connectivity index is 3.68. The minimum Gasteiger partial charge on any atom is -0.513 e. The summed E-state index contributed by atoms with van der Waals surface area (Å²) < 4.78 is 0. The van der Waals surface area contributed by atoms with Crippen molar-refractivity contribution in [2.45, 2.75) is 6.92 Å². The van der Waals surface area contributed by atoms with Gasteiger partial charge in [-0.25, -0.2) is 0 Å². The van der Waals surface area contributed by atoms with Gasteiger partial charge in [-0.3, -0.25) is 0 Å². The van der Waals surface area contributed by atoms with Gasteiger partial charge in [-0.15, -0.1) is 0 Å². The van der Waals surface area contributed by atoms with Crippen molar-refractivity contribution in [3.63, 3.8) is 0 Å². The van der Waals surface area contributed by atoms with Gasteiger partial charge < -0.3 is 10.8 Å². The SMILES string of the molecule is C=C(N)/C=C(\C)O. The third kappa shape index (κ3) is 5.08. The maximum atomic E-state index is 8.44. The predicted molar refractivity (Wildman–Crippen MR) is 29.7 cm³/mol. The van der Waals surface area contributed by atoms with Gasteiger partial charge in [0.25, 0.3) is 0 Å². The maximum Gasteiger partial charge on any atom is 0.0912 e. The van der Waals surface area contributed by atoms with Gasteiger partial charge in [-0.2, -0.15) is 0 Å². The molecule has 0 spiro atoms. The molecule has 3 N–H and O–H groups in total. The van der Waals surface area contributed by atoms with Gasteiger partial charge >= 0.3 is 0 Å². The summed E-state index contributed by atoms with van der Waals surface area (Å²) in [6.07, 6.45) is 1.39. The van der Waals surface area contributed by atoms with E-state index in [2.05, 4.69) is 6.58 Å². The highest BCUT2D eigenvalue weighted by atomic mass is 16.3. The molecule has 0 unspecified atom stereocenters. The molecule has 0 amide bonds.